The predicted octanol–water partition coefficient (Wildman–Crippen LogP) is 1.20. The predicted molar refractivity (Wildman–Crippen MR) is 61.6 cm³/mol. The summed E-state index contributed by atoms with van der Waals surface area (Å²) in [5.41, 5.74) is 2.50. The Bertz CT molecular complexity index is 293. The molecule has 5 heteroatoms. The van der Waals surface area contributed by atoms with Crippen LogP contribution in [0.25, 0.3) is 0 Å². The summed E-state index contributed by atoms with van der Waals surface area (Å²) in [5, 5.41) is 3.17. The second kappa shape index (κ2) is 6.21. The van der Waals surface area contributed by atoms with Crippen LogP contribution in [0.2, 0.25) is 0 Å². The monoisotopic (exact) mass is 210 g/mol. The number of aromatic nitrogens is 1. The Morgan fingerprint density at radius 1 is 1.47 bits per heavy atom. The number of pyridine rings is 1. The molecule has 5 nitrogen and oxygen atoms in total. The summed E-state index contributed by atoms with van der Waals surface area (Å²) >= 11 is 0. The van der Waals surface area contributed by atoms with Crippen LogP contribution in [0.3, 0.4) is 0 Å². The van der Waals surface area contributed by atoms with Gasteiger partial charge in [0.15, 0.2) is 0 Å². The van der Waals surface area contributed by atoms with E-state index in [2.05, 4.69) is 15.7 Å². The van der Waals surface area contributed by atoms with Crippen LogP contribution in [0.5, 0.6) is 0 Å². The molecule has 1 aromatic heterocycles. The number of hydrogen-bond acceptors (Lipinski definition) is 5. The minimum atomic E-state index is 0.172. The van der Waals surface area contributed by atoms with Crippen LogP contribution in [-0.2, 0) is 4.74 Å². The van der Waals surface area contributed by atoms with Crippen molar-refractivity contribution in [3.8, 4) is 0 Å². The highest BCUT2D eigenvalue weighted by atomic mass is 16.5. The van der Waals surface area contributed by atoms with Crippen molar-refractivity contribution in [2.24, 2.45) is 5.84 Å². The maximum absolute atomic E-state index is 5.39. The quantitative estimate of drug-likeness (QED) is 0.486. The second-order valence-corrected chi connectivity index (χ2v) is 3.20. The van der Waals surface area contributed by atoms with Crippen LogP contribution < -0.4 is 16.6 Å². The lowest BCUT2D eigenvalue weighted by atomic mass is 10.4. The largest absolute Gasteiger partial charge is 0.377 e. The summed E-state index contributed by atoms with van der Waals surface area (Å²) in [4.78, 5) is 4.22. The zero-order valence-electron chi connectivity index (χ0n) is 9.16. The first-order chi connectivity index (χ1) is 7.26. The van der Waals surface area contributed by atoms with Gasteiger partial charge in [0.05, 0.1) is 6.10 Å². The van der Waals surface area contributed by atoms with E-state index in [0.717, 1.165) is 19.0 Å². The molecule has 0 aliphatic carbocycles. The molecule has 0 spiro atoms. The molecule has 0 fully saturated rings. The second-order valence-electron chi connectivity index (χ2n) is 3.20. The summed E-state index contributed by atoms with van der Waals surface area (Å²) in [6.45, 7) is 5.45. The van der Waals surface area contributed by atoms with Crippen molar-refractivity contribution in [3.05, 3.63) is 18.2 Å². The Labute approximate surface area is 90.0 Å². The molecule has 1 atom stereocenters. The maximum Gasteiger partial charge on any atom is 0.142 e. The van der Waals surface area contributed by atoms with Gasteiger partial charge in [-0.3, -0.25) is 0 Å². The van der Waals surface area contributed by atoms with E-state index >= 15 is 0 Å². The highest BCUT2D eigenvalue weighted by Crippen LogP contribution is 2.07. The fraction of sp³-hybridized carbons (Fsp3) is 0.500. The molecule has 0 saturated heterocycles. The van der Waals surface area contributed by atoms with E-state index < -0.39 is 0 Å². The van der Waals surface area contributed by atoms with Gasteiger partial charge in [0.2, 0.25) is 0 Å². The lowest BCUT2D eigenvalue weighted by molar-refractivity contribution is 0.0855. The molecule has 0 bridgehead atoms. The minimum Gasteiger partial charge on any atom is -0.377 e. The molecule has 0 saturated carbocycles. The highest BCUT2D eigenvalue weighted by Gasteiger charge is 2.01. The summed E-state index contributed by atoms with van der Waals surface area (Å²) in [7, 11) is 0. The van der Waals surface area contributed by atoms with Crippen LogP contribution in [0.1, 0.15) is 13.8 Å². The van der Waals surface area contributed by atoms with E-state index in [1.54, 1.807) is 6.07 Å². The number of nitrogens with two attached hydrogens (primary N) is 1. The standard InChI is InChI=1S/C10H18N4O/c1-3-15-8(2)7-12-9-5-4-6-10(13-9)14-11/h4-6,8H,3,7,11H2,1-2H3,(H2,12,13,14). The van der Waals surface area contributed by atoms with Gasteiger partial charge in [0.25, 0.3) is 0 Å². The lowest BCUT2D eigenvalue weighted by Crippen LogP contribution is -2.20. The zero-order chi connectivity index (χ0) is 11.1. The smallest absolute Gasteiger partial charge is 0.142 e. The molecule has 1 heterocycles. The summed E-state index contributed by atoms with van der Waals surface area (Å²) in [5.74, 6) is 6.69. The number of hydrazine groups is 1. The van der Waals surface area contributed by atoms with Gasteiger partial charge in [-0.1, -0.05) is 6.07 Å². The van der Waals surface area contributed by atoms with Crippen LogP contribution in [0.4, 0.5) is 11.6 Å². The van der Waals surface area contributed by atoms with Crippen LogP contribution >= 0.6 is 0 Å². The third-order valence-corrected chi connectivity index (χ3v) is 1.92. The number of nitrogens with one attached hydrogen (secondary N) is 2. The van der Waals surface area contributed by atoms with Gasteiger partial charge in [-0.15, -0.1) is 0 Å². The molecule has 0 aliphatic heterocycles. The van der Waals surface area contributed by atoms with E-state index in [1.165, 1.54) is 0 Å². The number of nitrogens with zero attached hydrogens (tertiary/aromatic N) is 1. The third-order valence-electron chi connectivity index (χ3n) is 1.92. The number of hydrogen-bond donors (Lipinski definition) is 3. The molecule has 0 radical (unpaired) electrons. The van der Waals surface area contributed by atoms with Gasteiger partial charge in [0, 0.05) is 13.2 Å². The highest BCUT2D eigenvalue weighted by molar-refractivity contribution is 5.44. The topological polar surface area (TPSA) is 72.2 Å². The first-order valence-electron chi connectivity index (χ1n) is 5.05. The molecule has 4 N–H and O–H groups in total. The van der Waals surface area contributed by atoms with Crippen molar-refractivity contribution in [3.63, 3.8) is 0 Å². The third kappa shape index (κ3) is 4.14. The minimum absolute atomic E-state index is 0.172. The van der Waals surface area contributed by atoms with Gasteiger partial charge in [-0.25, -0.2) is 10.8 Å². The normalized spacial score (nSPS) is 12.2. The van der Waals surface area contributed by atoms with Crippen molar-refractivity contribution < 1.29 is 4.74 Å². The molecule has 0 amide bonds. The Balaban J connectivity index is 2.43. The van der Waals surface area contributed by atoms with Crippen molar-refractivity contribution in [2.75, 3.05) is 23.9 Å². The molecule has 84 valence electrons. The fourth-order valence-electron chi connectivity index (χ4n) is 1.21. The molecule has 1 rings (SSSR count). The van der Waals surface area contributed by atoms with Crippen LogP contribution in [-0.4, -0.2) is 24.2 Å². The van der Waals surface area contributed by atoms with Gasteiger partial charge in [0.1, 0.15) is 11.6 Å². The van der Waals surface area contributed by atoms with Crippen LogP contribution in [0.15, 0.2) is 18.2 Å². The van der Waals surface area contributed by atoms with E-state index in [4.69, 9.17) is 10.6 Å². The Morgan fingerprint density at radius 2 is 2.20 bits per heavy atom. The van der Waals surface area contributed by atoms with Crippen molar-refractivity contribution in [1.82, 2.24) is 4.98 Å². The van der Waals surface area contributed by atoms with Gasteiger partial charge < -0.3 is 15.5 Å². The summed E-state index contributed by atoms with van der Waals surface area (Å²) < 4.78 is 5.39. The Morgan fingerprint density at radius 3 is 2.87 bits per heavy atom. The number of nitrogen functional groups attached to an aromatic ring is 1. The lowest BCUT2D eigenvalue weighted by Gasteiger charge is -2.13. The molecule has 1 aromatic rings. The summed E-state index contributed by atoms with van der Waals surface area (Å²) in [6, 6.07) is 5.58. The molecule has 0 aliphatic rings. The Hall–Kier alpha value is -1.33. The maximum atomic E-state index is 5.39. The number of anilines is 2. The van der Waals surface area contributed by atoms with Gasteiger partial charge in [-0.05, 0) is 26.0 Å². The number of rotatable bonds is 6. The first kappa shape index (κ1) is 11.7. The number of ether oxygens (including phenoxy) is 1. The average Bonchev–Trinajstić information content (AvgIpc) is 2.27. The van der Waals surface area contributed by atoms with E-state index in [1.807, 2.05) is 26.0 Å². The Kier molecular flexibility index (Phi) is 4.86. The van der Waals surface area contributed by atoms with Crippen molar-refractivity contribution >= 4 is 11.6 Å². The molecule has 0 aromatic carbocycles. The van der Waals surface area contributed by atoms with Crippen molar-refractivity contribution in [2.45, 2.75) is 20.0 Å². The van der Waals surface area contributed by atoms with E-state index in [0.29, 0.717) is 5.82 Å². The van der Waals surface area contributed by atoms with Crippen molar-refractivity contribution in [1.29, 1.82) is 0 Å². The van der Waals surface area contributed by atoms with E-state index in [9.17, 15) is 0 Å². The van der Waals surface area contributed by atoms with Crippen LogP contribution in [0, 0.1) is 0 Å². The first-order valence-corrected chi connectivity index (χ1v) is 5.05. The molecule has 15 heavy (non-hydrogen) atoms. The summed E-state index contributed by atoms with van der Waals surface area (Å²) in [6.07, 6.45) is 0.172. The molecular formula is C10H18N4O. The van der Waals surface area contributed by atoms with Gasteiger partial charge >= 0.3 is 0 Å². The average molecular weight is 210 g/mol. The van der Waals surface area contributed by atoms with Gasteiger partial charge in [-0.2, -0.15) is 0 Å². The fourth-order valence-corrected chi connectivity index (χ4v) is 1.21. The molecule has 1 unspecified atom stereocenters. The zero-order valence-corrected chi connectivity index (χ0v) is 9.16. The van der Waals surface area contributed by atoms with E-state index in [-0.39, 0.29) is 6.10 Å². The molecular weight excluding hydrogens is 192 g/mol. The SMILES string of the molecule is CCOC(C)CNc1cccc(NN)n1.